The molecule has 0 fully saturated rings. The summed E-state index contributed by atoms with van der Waals surface area (Å²) in [5, 5.41) is 8.55. The van der Waals surface area contributed by atoms with E-state index in [1.807, 2.05) is 38.4 Å². The van der Waals surface area contributed by atoms with Crippen LogP contribution in [0.3, 0.4) is 0 Å². The van der Waals surface area contributed by atoms with Gasteiger partial charge < -0.3 is 15.5 Å². The van der Waals surface area contributed by atoms with Gasteiger partial charge in [-0.15, -0.1) is 0 Å². The summed E-state index contributed by atoms with van der Waals surface area (Å²) in [5.41, 5.74) is 9.97. The Balaban J connectivity index is 0.000000443. The zero-order valence-electron chi connectivity index (χ0n) is 15.2. The molecular formula is C21H32N4. The Morgan fingerprint density at radius 1 is 0.760 bits per heavy atom. The van der Waals surface area contributed by atoms with E-state index in [-0.39, 0.29) is 7.43 Å². The Morgan fingerprint density at radius 3 is 1.44 bits per heavy atom. The van der Waals surface area contributed by atoms with Gasteiger partial charge in [0.25, 0.3) is 0 Å². The van der Waals surface area contributed by atoms with Crippen molar-refractivity contribution in [3.8, 4) is 6.07 Å². The lowest BCUT2D eigenvalue weighted by atomic mass is 10.1. The fraction of sp³-hybridized carbons (Fsp3) is 0.381. The molecule has 4 nitrogen and oxygen atoms in total. The van der Waals surface area contributed by atoms with Crippen molar-refractivity contribution in [2.24, 2.45) is 5.73 Å². The second-order valence-corrected chi connectivity index (χ2v) is 6.30. The first-order chi connectivity index (χ1) is 11.4. The van der Waals surface area contributed by atoms with Gasteiger partial charge in [-0.05, 0) is 57.0 Å². The van der Waals surface area contributed by atoms with Crippen LogP contribution >= 0.6 is 0 Å². The first-order valence-corrected chi connectivity index (χ1v) is 8.01. The van der Waals surface area contributed by atoms with Gasteiger partial charge in [-0.1, -0.05) is 43.8 Å². The van der Waals surface area contributed by atoms with Gasteiger partial charge in [0, 0.05) is 19.6 Å². The predicted octanol–water partition coefficient (Wildman–Crippen LogP) is 3.46. The van der Waals surface area contributed by atoms with E-state index in [4.69, 9.17) is 11.0 Å². The molecule has 0 atom stereocenters. The average molecular weight is 341 g/mol. The Kier molecular flexibility index (Phi) is 11.1. The second-order valence-electron chi connectivity index (χ2n) is 6.30. The van der Waals surface area contributed by atoms with Crippen molar-refractivity contribution in [3.63, 3.8) is 0 Å². The van der Waals surface area contributed by atoms with Crippen molar-refractivity contribution in [2.45, 2.75) is 27.1 Å². The third kappa shape index (κ3) is 9.63. The SMILES string of the molecule is C.CN(C)Cc1ccc(C#N)cc1.CN(C)Cc1ccc(CN)cc1. The molecule has 2 aromatic carbocycles. The van der Waals surface area contributed by atoms with Crippen LogP contribution in [0.25, 0.3) is 0 Å². The zero-order chi connectivity index (χ0) is 17.9. The van der Waals surface area contributed by atoms with Crippen LogP contribution < -0.4 is 5.73 Å². The van der Waals surface area contributed by atoms with Crippen molar-refractivity contribution in [1.29, 1.82) is 5.26 Å². The van der Waals surface area contributed by atoms with Crippen LogP contribution in [-0.2, 0) is 19.6 Å². The summed E-state index contributed by atoms with van der Waals surface area (Å²) in [5.74, 6) is 0. The Labute approximate surface area is 153 Å². The molecule has 0 radical (unpaired) electrons. The van der Waals surface area contributed by atoms with Crippen molar-refractivity contribution in [2.75, 3.05) is 28.2 Å². The summed E-state index contributed by atoms with van der Waals surface area (Å²) >= 11 is 0. The summed E-state index contributed by atoms with van der Waals surface area (Å²) < 4.78 is 0. The van der Waals surface area contributed by atoms with E-state index in [0.717, 1.165) is 18.7 Å². The number of rotatable bonds is 5. The highest BCUT2D eigenvalue weighted by Crippen LogP contribution is 2.05. The van der Waals surface area contributed by atoms with Gasteiger partial charge in [0.05, 0.1) is 11.6 Å². The Hall–Kier alpha value is -2.19. The number of hydrogen-bond acceptors (Lipinski definition) is 4. The maximum Gasteiger partial charge on any atom is 0.0991 e. The molecule has 0 bridgehead atoms. The highest BCUT2D eigenvalue weighted by Gasteiger charge is 1.95. The van der Waals surface area contributed by atoms with Crippen LogP contribution in [0.15, 0.2) is 48.5 Å². The smallest absolute Gasteiger partial charge is 0.0991 e. The van der Waals surface area contributed by atoms with Crippen molar-refractivity contribution < 1.29 is 0 Å². The fourth-order valence-corrected chi connectivity index (χ4v) is 2.20. The van der Waals surface area contributed by atoms with E-state index in [1.165, 1.54) is 16.7 Å². The third-order valence-electron chi connectivity index (χ3n) is 3.34. The van der Waals surface area contributed by atoms with Crippen LogP contribution in [-0.4, -0.2) is 38.0 Å². The molecule has 2 rings (SSSR count). The topological polar surface area (TPSA) is 56.3 Å². The molecule has 2 N–H and O–H groups in total. The molecule has 0 unspecified atom stereocenters. The maximum absolute atomic E-state index is 8.55. The molecule has 2 aromatic rings. The maximum atomic E-state index is 8.55. The molecule has 0 saturated carbocycles. The van der Waals surface area contributed by atoms with Gasteiger partial charge in [0.1, 0.15) is 0 Å². The van der Waals surface area contributed by atoms with E-state index in [0.29, 0.717) is 6.54 Å². The second kappa shape index (κ2) is 12.2. The van der Waals surface area contributed by atoms with Gasteiger partial charge in [0.2, 0.25) is 0 Å². The summed E-state index contributed by atoms with van der Waals surface area (Å²) in [6.07, 6.45) is 0. The summed E-state index contributed by atoms with van der Waals surface area (Å²) in [6, 6.07) is 18.2. The minimum atomic E-state index is 0. The first kappa shape index (κ1) is 22.8. The number of nitrogens with two attached hydrogens (primary N) is 1. The zero-order valence-corrected chi connectivity index (χ0v) is 15.2. The highest BCUT2D eigenvalue weighted by molar-refractivity contribution is 5.31. The third-order valence-corrected chi connectivity index (χ3v) is 3.34. The highest BCUT2D eigenvalue weighted by atomic mass is 15.1. The number of nitrogens with zero attached hydrogens (tertiary/aromatic N) is 3. The molecule has 0 aliphatic carbocycles. The lowest BCUT2D eigenvalue weighted by molar-refractivity contribution is 0.402. The molecule has 136 valence electrons. The van der Waals surface area contributed by atoms with Crippen LogP contribution in [0.5, 0.6) is 0 Å². The van der Waals surface area contributed by atoms with Gasteiger partial charge in [-0.2, -0.15) is 5.26 Å². The van der Waals surface area contributed by atoms with Gasteiger partial charge in [-0.3, -0.25) is 0 Å². The van der Waals surface area contributed by atoms with E-state index in [2.05, 4.69) is 54.2 Å². The number of benzene rings is 2. The monoisotopic (exact) mass is 340 g/mol. The standard InChI is InChI=1S/C10H16N2.C10H12N2.CH4/c2*1-12(2)8-10-5-3-9(7-11)4-6-10;/h3-6H,7-8,11H2,1-2H3;3-6H,8H2,1-2H3;1H4. The van der Waals surface area contributed by atoms with E-state index in [9.17, 15) is 0 Å². The average Bonchev–Trinajstić information content (AvgIpc) is 2.56. The largest absolute Gasteiger partial charge is 0.326 e. The molecule has 0 aromatic heterocycles. The summed E-state index contributed by atoms with van der Waals surface area (Å²) in [4.78, 5) is 4.25. The van der Waals surface area contributed by atoms with Gasteiger partial charge in [0.15, 0.2) is 0 Å². The molecule has 0 heterocycles. The Morgan fingerprint density at radius 2 is 1.12 bits per heavy atom. The van der Waals surface area contributed by atoms with Crippen LogP contribution in [0.1, 0.15) is 29.7 Å². The molecule has 25 heavy (non-hydrogen) atoms. The molecule has 4 heteroatoms. The predicted molar refractivity (Wildman–Crippen MR) is 107 cm³/mol. The summed E-state index contributed by atoms with van der Waals surface area (Å²) in [7, 11) is 8.18. The summed E-state index contributed by atoms with van der Waals surface area (Å²) in [6.45, 7) is 2.54. The molecule has 0 aliphatic heterocycles. The molecule has 0 saturated heterocycles. The minimum absolute atomic E-state index is 0. The minimum Gasteiger partial charge on any atom is -0.326 e. The lowest BCUT2D eigenvalue weighted by Gasteiger charge is -2.09. The van der Waals surface area contributed by atoms with Crippen LogP contribution in [0, 0.1) is 11.3 Å². The molecule has 0 spiro atoms. The Bertz CT molecular complexity index is 622. The van der Waals surface area contributed by atoms with Gasteiger partial charge in [-0.25, -0.2) is 0 Å². The fourth-order valence-electron chi connectivity index (χ4n) is 2.20. The van der Waals surface area contributed by atoms with Crippen molar-refractivity contribution in [3.05, 3.63) is 70.8 Å². The quantitative estimate of drug-likeness (QED) is 0.905. The number of nitriles is 1. The normalized spacial score (nSPS) is 9.84. The van der Waals surface area contributed by atoms with E-state index >= 15 is 0 Å². The lowest BCUT2D eigenvalue weighted by Crippen LogP contribution is -2.10. The molecular weight excluding hydrogens is 308 g/mol. The molecule has 0 aliphatic rings. The van der Waals surface area contributed by atoms with Crippen molar-refractivity contribution in [1.82, 2.24) is 9.80 Å². The van der Waals surface area contributed by atoms with Crippen LogP contribution in [0.2, 0.25) is 0 Å². The van der Waals surface area contributed by atoms with Crippen molar-refractivity contribution >= 4 is 0 Å². The first-order valence-electron chi connectivity index (χ1n) is 8.01. The van der Waals surface area contributed by atoms with Crippen LogP contribution in [0.4, 0.5) is 0 Å². The van der Waals surface area contributed by atoms with Gasteiger partial charge >= 0.3 is 0 Å². The van der Waals surface area contributed by atoms with E-state index in [1.54, 1.807) is 0 Å². The number of hydrogen-bond donors (Lipinski definition) is 1. The van der Waals surface area contributed by atoms with E-state index < -0.39 is 0 Å². The molecule has 0 amide bonds.